The van der Waals surface area contributed by atoms with Crippen LogP contribution in [0.3, 0.4) is 0 Å². The minimum absolute atomic E-state index is 0.0986. The third-order valence-corrected chi connectivity index (χ3v) is 15.8. The Hall–Kier alpha value is -1.31. The van der Waals surface area contributed by atoms with E-state index in [2.05, 4.69) is 80.0 Å². The first kappa shape index (κ1) is 28.7. The Labute approximate surface area is 199 Å². The van der Waals surface area contributed by atoms with Crippen LogP contribution in [0.1, 0.15) is 48.0 Å². The molecule has 6 heteroatoms. The summed E-state index contributed by atoms with van der Waals surface area (Å²) >= 11 is 0. The van der Waals surface area contributed by atoms with Gasteiger partial charge in [-0.3, -0.25) is 0 Å². The van der Waals surface area contributed by atoms with Gasteiger partial charge in [0.2, 0.25) is 0 Å². The molecule has 0 aliphatic rings. The van der Waals surface area contributed by atoms with Gasteiger partial charge in [-0.25, -0.2) is 0 Å². The molecular weight excluding hydrogens is 432 g/mol. The molecule has 0 N–H and O–H groups in total. The predicted octanol–water partition coefficient (Wildman–Crippen LogP) is 7.59. The van der Waals surface area contributed by atoms with Crippen LogP contribution in [-0.2, 0) is 8.85 Å². The highest BCUT2D eigenvalue weighted by atomic mass is 28.4. The average Bonchev–Trinajstić information content (AvgIpc) is 2.65. The summed E-state index contributed by atoms with van der Waals surface area (Å²) in [6.07, 6.45) is 2.32. The molecule has 0 aromatic heterocycles. The summed E-state index contributed by atoms with van der Waals surface area (Å²) in [5, 5.41) is 0.197. The van der Waals surface area contributed by atoms with Crippen LogP contribution in [0.2, 0.25) is 36.3 Å². The summed E-state index contributed by atoms with van der Waals surface area (Å²) < 4.78 is 25.0. The van der Waals surface area contributed by atoms with Crippen LogP contribution in [0.5, 0.6) is 11.5 Å². The number of hydrogen-bond acceptors (Lipinski definition) is 4. The summed E-state index contributed by atoms with van der Waals surface area (Å²) in [6, 6.07) is 7.66. The van der Waals surface area contributed by atoms with E-state index in [1.54, 1.807) is 7.11 Å². The highest BCUT2D eigenvalue weighted by Gasteiger charge is 2.44. The molecule has 4 nitrogen and oxygen atoms in total. The lowest BCUT2D eigenvalue weighted by Gasteiger charge is -2.44. The lowest BCUT2D eigenvalue weighted by atomic mass is 10.1. The van der Waals surface area contributed by atoms with Crippen LogP contribution < -0.4 is 9.47 Å². The molecular formula is C26H46O4Si2. The van der Waals surface area contributed by atoms with E-state index in [4.69, 9.17) is 18.3 Å². The van der Waals surface area contributed by atoms with Crippen molar-refractivity contribution in [3.63, 3.8) is 0 Å². The van der Waals surface area contributed by atoms with E-state index < -0.39 is 16.6 Å². The topological polar surface area (TPSA) is 36.9 Å². The molecule has 0 spiro atoms. The molecule has 0 saturated carbocycles. The summed E-state index contributed by atoms with van der Waals surface area (Å²) in [4.78, 5) is 0. The first-order chi connectivity index (χ1) is 14.5. The van der Waals surface area contributed by atoms with Crippen molar-refractivity contribution in [2.75, 3.05) is 13.7 Å². The monoisotopic (exact) mass is 478 g/mol. The van der Waals surface area contributed by atoms with Gasteiger partial charge in [0.1, 0.15) is 11.5 Å². The van der Waals surface area contributed by atoms with Crippen molar-refractivity contribution in [2.45, 2.75) is 96.4 Å². The minimum atomic E-state index is -2.03. The van der Waals surface area contributed by atoms with Crippen LogP contribution in [0.25, 0.3) is 0 Å². The van der Waals surface area contributed by atoms with E-state index in [0.717, 1.165) is 17.9 Å². The van der Waals surface area contributed by atoms with E-state index in [9.17, 15) is 0 Å². The Balaban J connectivity index is 3.11. The first-order valence-electron chi connectivity index (χ1n) is 11.5. The average molecular weight is 479 g/mol. The maximum Gasteiger partial charge on any atom is 0.193 e. The second-order valence-electron chi connectivity index (χ2n) is 11.4. The fourth-order valence-corrected chi connectivity index (χ4v) is 5.28. The van der Waals surface area contributed by atoms with Gasteiger partial charge in [0.25, 0.3) is 0 Å². The molecule has 182 valence electrons. The Bertz CT molecular complexity index is 752. The second-order valence-corrected chi connectivity index (χ2v) is 21.0. The molecule has 1 aromatic rings. The fraction of sp³-hybridized carbons (Fsp3) is 0.654. The van der Waals surface area contributed by atoms with Gasteiger partial charge in [-0.1, -0.05) is 48.1 Å². The standard InChI is InChI=1S/C26H46O4Si2/c1-13-14-23(29-31(9,10)25(2,3)4)24(30-32(11,12)26(5,6)7)19-20-28-22-17-15-21(27-8)16-18-22/h14-18,23-24H,1,19-20H2,2-12H3/t23-,24-/m1/s1. The van der Waals surface area contributed by atoms with E-state index in [1.807, 2.05) is 30.3 Å². The Kier molecular flexibility index (Phi) is 10.1. The zero-order chi connectivity index (χ0) is 24.8. The molecule has 2 atom stereocenters. The summed E-state index contributed by atoms with van der Waals surface area (Å²) in [5.74, 6) is 1.63. The highest BCUT2D eigenvalue weighted by Crippen LogP contribution is 2.41. The molecule has 0 bridgehead atoms. The largest absolute Gasteiger partial charge is 0.497 e. The third-order valence-electron chi connectivity index (χ3n) is 6.87. The number of rotatable bonds is 11. The van der Waals surface area contributed by atoms with Crippen molar-refractivity contribution < 1.29 is 18.3 Å². The van der Waals surface area contributed by atoms with Crippen molar-refractivity contribution in [1.29, 1.82) is 0 Å². The van der Waals surface area contributed by atoms with Crippen molar-refractivity contribution >= 4 is 16.6 Å². The molecule has 0 heterocycles. The molecule has 0 saturated heterocycles. The molecule has 32 heavy (non-hydrogen) atoms. The predicted molar refractivity (Wildman–Crippen MR) is 141 cm³/mol. The quantitative estimate of drug-likeness (QED) is 0.242. The van der Waals surface area contributed by atoms with E-state index in [1.165, 1.54) is 0 Å². The Morgan fingerprint density at radius 3 is 1.78 bits per heavy atom. The first-order valence-corrected chi connectivity index (χ1v) is 17.3. The van der Waals surface area contributed by atoms with Gasteiger partial charge in [-0.05, 0) is 66.6 Å². The maximum absolute atomic E-state index is 6.89. The minimum Gasteiger partial charge on any atom is -0.497 e. The van der Waals surface area contributed by atoms with Crippen LogP contribution in [0.4, 0.5) is 0 Å². The van der Waals surface area contributed by atoms with Crippen molar-refractivity contribution in [2.24, 2.45) is 0 Å². The molecule has 1 rings (SSSR count). The van der Waals surface area contributed by atoms with E-state index in [0.29, 0.717) is 6.61 Å². The van der Waals surface area contributed by atoms with E-state index in [-0.39, 0.29) is 22.3 Å². The number of ether oxygens (including phenoxy) is 2. The normalized spacial score (nSPS) is 15.0. The molecule has 0 aliphatic heterocycles. The number of methoxy groups -OCH3 is 1. The summed E-state index contributed by atoms with van der Waals surface area (Å²) in [7, 11) is -2.39. The lowest BCUT2D eigenvalue weighted by Crippen LogP contribution is -2.51. The molecule has 0 aliphatic carbocycles. The second kappa shape index (κ2) is 11.2. The van der Waals surface area contributed by atoms with Crippen LogP contribution >= 0.6 is 0 Å². The lowest BCUT2D eigenvalue weighted by molar-refractivity contribution is 0.0481. The van der Waals surface area contributed by atoms with Crippen molar-refractivity contribution in [1.82, 2.24) is 0 Å². The molecule has 0 radical (unpaired) electrons. The van der Waals surface area contributed by atoms with Gasteiger partial charge in [-0.15, -0.1) is 5.73 Å². The van der Waals surface area contributed by atoms with Gasteiger partial charge in [0.15, 0.2) is 16.6 Å². The van der Waals surface area contributed by atoms with E-state index >= 15 is 0 Å². The molecule has 1 aromatic carbocycles. The van der Waals surface area contributed by atoms with Crippen molar-refractivity contribution in [3.8, 4) is 11.5 Å². The highest BCUT2D eigenvalue weighted by molar-refractivity contribution is 6.74. The zero-order valence-corrected chi connectivity index (χ0v) is 24.3. The summed E-state index contributed by atoms with van der Waals surface area (Å²) in [5.41, 5.74) is 2.97. The summed E-state index contributed by atoms with van der Waals surface area (Å²) in [6.45, 7) is 27.0. The Morgan fingerprint density at radius 1 is 0.875 bits per heavy atom. The van der Waals surface area contributed by atoms with Gasteiger partial charge in [-0.2, -0.15) is 0 Å². The number of hydrogen-bond donors (Lipinski definition) is 0. The SMILES string of the molecule is C=C=C[C@@H](O[Si](C)(C)C(C)(C)C)[C@@H](CCOc1ccc(OC)cc1)O[Si](C)(C)C(C)(C)C. The molecule has 0 fully saturated rings. The molecule has 0 amide bonds. The Morgan fingerprint density at radius 2 is 1.34 bits per heavy atom. The smallest absolute Gasteiger partial charge is 0.193 e. The third kappa shape index (κ3) is 8.24. The number of benzene rings is 1. The van der Waals surface area contributed by atoms with Gasteiger partial charge < -0.3 is 18.3 Å². The van der Waals surface area contributed by atoms with Gasteiger partial charge in [0.05, 0.1) is 25.9 Å². The fourth-order valence-electron chi connectivity index (χ4n) is 2.66. The molecule has 0 unspecified atom stereocenters. The van der Waals surface area contributed by atoms with Crippen LogP contribution in [0, 0.1) is 0 Å². The maximum atomic E-state index is 6.89. The van der Waals surface area contributed by atoms with Crippen molar-refractivity contribution in [3.05, 3.63) is 42.7 Å². The van der Waals surface area contributed by atoms with Crippen LogP contribution in [-0.4, -0.2) is 42.6 Å². The zero-order valence-electron chi connectivity index (χ0n) is 22.3. The van der Waals surface area contributed by atoms with Gasteiger partial charge >= 0.3 is 0 Å². The van der Waals surface area contributed by atoms with Gasteiger partial charge in [0, 0.05) is 6.42 Å². The van der Waals surface area contributed by atoms with Crippen LogP contribution in [0.15, 0.2) is 42.7 Å².